The van der Waals surface area contributed by atoms with E-state index in [0.717, 1.165) is 6.42 Å². The van der Waals surface area contributed by atoms with Crippen LogP contribution < -0.4 is 0 Å². The van der Waals surface area contributed by atoms with Crippen LogP contribution in [0.4, 0.5) is 0 Å². The Morgan fingerprint density at radius 1 is 0.611 bits per heavy atom. The summed E-state index contributed by atoms with van der Waals surface area (Å²) in [6, 6.07) is 0. The second kappa shape index (κ2) is 16.5. The van der Waals surface area contributed by atoms with E-state index in [1.165, 1.54) is 77.0 Å². The Morgan fingerprint density at radius 3 is 1.50 bits per heavy atom. The van der Waals surface area contributed by atoms with E-state index in [2.05, 4.69) is 25.7 Å². The molecule has 0 aromatic heterocycles. The molecule has 105 valence electrons. The maximum atomic E-state index is 3.88. The minimum absolute atomic E-state index is 1.11. The van der Waals surface area contributed by atoms with Crippen molar-refractivity contribution in [2.24, 2.45) is 0 Å². The molecule has 0 aromatic rings. The van der Waals surface area contributed by atoms with Gasteiger partial charge >= 0.3 is 0 Å². The van der Waals surface area contributed by atoms with Gasteiger partial charge in [0.15, 0.2) is 0 Å². The normalized spacial score (nSPS) is 11.2. The third-order valence-electron chi connectivity index (χ3n) is 3.39. The Kier molecular flexibility index (Phi) is 16.0. The van der Waals surface area contributed by atoms with Crippen LogP contribution in [0.25, 0.3) is 0 Å². The lowest BCUT2D eigenvalue weighted by Gasteiger charge is -2.02. The van der Waals surface area contributed by atoms with Crippen LogP contribution in [0.2, 0.25) is 0 Å². The molecule has 0 aliphatic carbocycles. The van der Waals surface area contributed by atoms with Gasteiger partial charge in [-0.3, -0.25) is 0 Å². The molecule has 0 heteroatoms. The average molecular weight is 249 g/mol. The third-order valence-corrected chi connectivity index (χ3v) is 3.39. The number of allylic oxidation sites excluding steroid dienone is 3. The molecule has 0 aromatic carbocycles. The quantitative estimate of drug-likeness (QED) is 0.239. The highest BCUT2D eigenvalue weighted by Gasteiger charge is 1.92. The summed E-state index contributed by atoms with van der Waals surface area (Å²) >= 11 is 0. The molecule has 0 rings (SSSR count). The van der Waals surface area contributed by atoms with Gasteiger partial charge in [0.05, 0.1) is 0 Å². The molecule has 0 saturated heterocycles. The Labute approximate surface area is 116 Å². The van der Waals surface area contributed by atoms with Gasteiger partial charge in [-0.05, 0) is 12.8 Å². The fourth-order valence-corrected chi connectivity index (χ4v) is 2.22. The zero-order chi connectivity index (χ0) is 13.3. The summed E-state index contributed by atoms with van der Waals surface area (Å²) in [5, 5.41) is 0. The number of hydrogen-bond donors (Lipinski definition) is 0. The molecule has 0 aliphatic heterocycles. The van der Waals surface area contributed by atoms with Crippen LogP contribution in [0, 0.1) is 6.92 Å². The minimum atomic E-state index is 1.11. The lowest BCUT2D eigenvalue weighted by Crippen LogP contribution is -1.82. The van der Waals surface area contributed by atoms with Crippen molar-refractivity contribution in [1.29, 1.82) is 0 Å². The molecule has 0 unspecified atom stereocenters. The van der Waals surface area contributed by atoms with Gasteiger partial charge in [-0.25, -0.2) is 0 Å². The van der Waals surface area contributed by atoms with Gasteiger partial charge in [0.1, 0.15) is 0 Å². The van der Waals surface area contributed by atoms with E-state index in [1.807, 2.05) is 6.08 Å². The Balaban J connectivity index is 2.94. The van der Waals surface area contributed by atoms with E-state index >= 15 is 0 Å². The van der Waals surface area contributed by atoms with Crippen LogP contribution in [0.3, 0.4) is 0 Å². The van der Waals surface area contributed by atoms with Crippen LogP contribution in [0.15, 0.2) is 24.8 Å². The molecule has 0 amide bonds. The summed E-state index contributed by atoms with van der Waals surface area (Å²) in [5.74, 6) is 0. The maximum Gasteiger partial charge on any atom is -0.0348 e. The van der Waals surface area contributed by atoms with Crippen LogP contribution in [-0.2, 0) is 0 Å². The first-order valence-electron chi connectivity index (χ1n) is 7.98. The van der Waals surface area contributed by atoms with Crippen molar-refractivity contribution in [2.45, 2.75) is 83.5 Å². The molecule has 0 fully saturated rings. The summed E-state index contributed by atoms with van der Waals surface area (Å²) < 4.78 is 0. The molecular formula is C18H33. The van der Waals surface area contributed by atoms with Gasteiger partial charge < -0.3 is 0 Å². The molecular weight excluding hydrogens is 216 g/mol. The third kappa shape index (κ3) is 15.5. The van der Waals surface area contributed by atoms with E-state index in [1.54, 1.807) is 0 Å². The van der Waals surface area contributed by atoms with E-state index in [0.29, 0.717) is 0 Å². The Bertz CT molecular complexity index is 178. The summed E-state index contributed by atoms with van der Waals surface area (Å²) in [7, 11) is 0. The van der Waals surface area contributed by atoms with E-state index in [9.17, 15) is 0 Å². The molecule has 0 nitrogen and oxygen atoms in total. The van der Waals surface area contributed by atoms with E-state index < -0.39 is 0 Å². The molecule has 0 saturated carbocycles. The van der Waals surface area contributed by atoms with Crippen LogP contribution in [-0.4, -0.2) is 0 Å². The fraction of sp³-hybridized carbons (Fsp3) is 0.722. The van der Waals surface area contributed by atoms with Crippen LogP contribution in [0.1, 0.15) is 83.5 Å². The van der Waals surface area contributed by atoms with Gasteiger partial charge in [-0.15, -0.1) is 0 Å². The summed E-state index contributed by atoms with van der Waals surface area (Å²) in [4.78, 5) is 0. The number of hydrogen-bond acceptors (Lipinski definition) is 0. The predicted octanol–water partition coefficient (Wildman–Crippen LogP) is 6.63. The zero-order valence-corrected chi connectivity index (χ0v) is 12.3. The molecule has 0 bridgehead atoms. The van der Waals surface area contributed by atoms with Crippen molar-refractivity contribution in [3.8, 4) is 0 Å². The van der Waals surface area contributed by atoms with Crippen LogP contribution >= 0.6 is 0 Å². The average Bonchev–Trinajstić information content (AvgIpc) is 2.39. The lowest BCUT2D eigenvalue weighted by molar-refractivity contribution is 0.547. The fourth-order valence-electron chi connectivity index (χ4n) is 2.22. The second-order valence-electron chi connectivity index (χ2n) is 5.20. The molecule has 0 aliphatic rings. The summed E-state index contributed by atoms with van der Waals surface area (Å²) in [6.45, 7) is 7.55. The Morgan fingerprint density at radius 2 is 1.06 bits per heavy atom. The minimum Gasteiger partial charge on any atom is -0.0991 e. The molecule has 0 heterocycles. The molecule has 1 radical (unpaired) electrons. The molecule has 18 heavy (non-hydrogen) atoms. The predicted molar refractivity (Wildman–Crippen MR) is 84.7 cm³/mol. The highest BCUT2D eigenvalue weighted by molar-refractivity contribution is 4.96. The van der Waals surface area contributed by atoms with Crippen molar-refractivity contribution in [1.82, 2.24) is 0 Å². The monoisotopic (exact) mass is 249 g/mol. The van der Waals surface area contributed by atoms with E-state index in [4.69, 9.17) is 0 Å². The Hall–Kier alpha value is -0.520. The van der Waals surface area contributed by atoms with Crippen molar-refractivity contribution in [3.05, 3.63) is 31.7 Å². The van der Waals surface area contributed by atoms with Crippen molar-refractivity contribution in [2.75, 3.05) is 0 Å². The SMILES string of the molecule is [CH2]CCCCCCCCCCCCCC=CC=C. The van der Waals surface area contributed by atoms with E-state index in [-0.39, 0.29) is 0 Å². The molecule has 0 N–H and O–H groups in total. The van der Waals surface area contributed by atoms with Gasteiger partial charge in [0.2, 0.25) is 0 Å². The first-order chi connectivity index (χ1) is 8.91. The van der Waals surface area contributed by atoms with Crippen molar-refractivity contribution < 1.29 is 0 Å². The van der Waals surface area contributed by atoms with Gasteiger partial charge in [-0.2, -0.15) is 0 Å². The molecule has 0 spiro atoms. The smallest absolute Gasteiger partial charge is 0.0348 e. The topological polar surface area (TPSA) is 0 Å². The van der Waals surface area contributed by atoms with Crippen molar-refractivity contribution >= 4 is 0 Å². The largest absolute Gasteiger partial charge is 0.0991 e. The van der Waals surface area contributed by atoms with Gasteiger partial charge in [0.25, 0.3) is 0 Å². The van der Waals surface area contributed by atoms with Crippen LogP contribution in [0.5, 0.6) is 0 Å². The maximum absolute atomic E-state index is 3.88. The summed E-state index contributed by atoms with van der Waals surface area (Å²) in [5.41, 5.74) is 0. The first-order valence-corrected chi connectivity index (χ1v) is 7.98. The molecule has 0 atom stereocenters. The highest BCUT2D eigenvalue weighted by atomic mass is 14.0. The van der Waals surface area contributed by atoms with Gasteiger partial charge in [-0.1, -0.05) is 102 Å². The highest BCUT2D eigenvalue weighted by Crippen LogP contribution is 2.12. The van der Waals surface area contributed by atoms with Gasteiger partial charge in [0, 0.05) is 0 Å². The second-order valence-corrected chi connectivity index (χ2v) is 5.20. The van der Waals surface area contributed by atoms with Crippen molar-refractivity contribution in [3.63, 3.8) is 0 Å². The summed E-state index contributed by atoms with van der Waals surface area (Å²) in [6.07, 6.45) is 24.0. The standard InChI is InChI=1S/C18H33/c1-3-5-7-9-11-13-15-17-18-16-14-12-10-8-6-4-2/h3,5,7H,1-2,4,6,8-18H2. The zero-order valence-electron chi connectivity index (χ0n) is 12.3. The number of unbranched alkanes of at least 4 members (excludes halogenated alkanes) is 12. The number of rotatable bonds is 14. The lowest BCUT2D eigenvalue weighted by atomic mass is 10.0. The first kappa shape index (κ1) is 17.5.